The molecule has 4 aromatic rings. The molecule has 1 amide bonds. The first-order valence-corrected chi connectivity index (χ1v) is 9.55. The number of anilines is 1. The lowest BCUT2D eigenvalue weighted by Gasteiger charge is -2.10. The predicted molar refractivity (Wildman–Crippen MR) is 127 cm³/mol. The second-order valence-electron chi connectivity index (χ2n) is 6.28. The maximum atomic E-state index is 12.8. The Hall–Kier alpha value is -2.51. The molecule has 0 aliphatic rings. The lowest BCUT2D eigenvalue weighted by Crippen LogP contribution is -2.14. The van der Waals surface area contributed by atoms with Crippen LogP contribution in [0.3, 0.4) is 0 Å². The van der Waals surface area contributed by atoms with Gasteiger partial charge in [0.05, 0.1) is 32.7 Å². The number of aryl methyl sites for hydroxylation is 1. The van der Waals surface area contributed by atoms with Gasteiger partial charge in [0.15, 0.2) is 5.65 Å². The summed E-state index contributed by atoms with van der Waals surface area (Å²) in [7, 11) is 0. The van der Waals surface area contributed by atoms with Crippen molar-refractivity contribution in [1.82, 2.24) is 14.4 Å². The summed E-state index contributed by atoms with van der Waals surface area (Å²) in [5.41, 5.74) is 3.06. The van der Waals surface area contributed by atoms with Crippen molar-refractivity contribution in [2.24, 2.45) is 0 Å². The molecule has 0 atom stereocenters. The zero-order chi connectivity index (χ0) is 20.4. The van der Waals surface area contributed by atoms with Crippen LogP contribution < -0.4 is 10.1 Å². The molecule has 0 saturated heterocycles. The highest BCUT2D eigenvalue weighted by molar-refractivity contribution is 6.40. The summed E-state index contributed by atoms with van der Waals surface area (Å²) in [5.74, 6) is 0.316. The number of pyridine rings is 2. The van der Waals surface area contributed by atoms with Gasteiger partial charge in [-0.15, -0.1) is 24.8 Å². The van der Waals surface area contributed by atoms with Crippen molar-refractivity contribution in [1.29, 1.82) is 0 Å². The van der Waals surface area contributed by atoms with Crippen LogP contribution >= 0.6 is 48.0 Å². The van der Waals surface area contributed by atoms with E-state index in [-0.39, 0.29) is 40.4 Å². The average molecular weight is 500 g/mol. The molecule has 4 rings (SSSR count). The van der Waals surface area contributed by atoms with Crippen LogP contribution in [0.5, 0.6) is 5.75 Å². The summed E-state index contributed by atoms with van der Waals surface area (Å²) in [6.45, 7) is 2.22. The van der Waals surface area contributed by atoms with Crippen LogP contribution in [0.1, 0.15) is 21.7 Å². The van der Waals surface area contributed by atoms with E-state index in [1.165, 1.54) is 0 Å². The summed E-state index contributed by atoms with van der Waals surface area (Å²) >= 11 is 12.3. The number of rotatable bonds is 5. The number of fused-ring (bicyclic) bond motifs is 1. The van der Waals surface area contributed by atoms with Gasteiger partial charge < -0.3 is 10.1 Å². The third-order valence-electron chi connectivity index (χ3n) is 4.41. The summed E-state index contributed by atoms with van der Waals surface area (Å²) in [6, 6.07) is 12.1. The molecule has 1 aromatic carbocycles. The molecule has 0 spiro atoms. The Balaban J connectivity index is 0.00000171. The van der Waals surface area contributed by atoms with E-state index in [0.717, 1.165) is 11.4 Å². The van der Waals surface area contributed by atoms with E-state index in [0.29, 0.717) is 23.7 Å². The van der Waals surface area contributed by atoms with E-state index in [1.807, 2.05) is 23.6 Å². The van der Waals surface area contributed by atoms with Crippen LogP contribution in [-0.4, -0.2) is 20.3 Å². The molecule has 0 aliphatic carbocycles. The molecule has 162 valence electrons. The van der Waals surface area contributed by atoms with Gasteiger partial charge in [-0.2, -0.15) is 0 Å². The highest BCUT2D eigenvalue weighted by Crippen LogP contribution is 2.27. The van der Waals surface area contributed by atoms with Crippen molar-refractivity contribution >= 4 is 65.3 Å². The number of aromatic nitrogens is 3. The minimum Gasteiger partial charge on any atom is -0.487 e. The Morgan fingerprint density at radius 1 is 1.06 bits per heavy atom. The topological polar surface area (TPSA) is 68.5 Å². The van der Waals surface area contributed by atoms with Gasteiger partial charge in [0.2, 0.25) is 0 Å². The van der Waals surface area contributed by atoms with E-state index in [1.54, 1.807) is 48.8 Å². The lowest BCUT2D eigenvalue weighted by molar-refractivity contribution is 0.102. The molecule has 0 unspecified atom stereocenters. The van der Waals surface area contributed by atoms with E-state index in [9.17, 15) is 4.79 Å². The molecular formula is C21H18Cl4N4O2. The number of ether oxygens (including phenoxy) is 1. The molecule has 0 bridgehead atoms. The van der Waals surface area contributed by atoms with Gasteiger partial charge in [-0.1, -0.05) is 29.3 Å². The molecule has 0 fully saturated rings. The molecule has 1 N–H and O–H groups in total. The fraction of sp³-hybridized carbons (Fsp3) is 0.0952. The van der Waals surface area contributed by atoms with Gasteiger partial charge in [0.25, 0.3) is 5.91 Å². The standard InChI is InChI=1S/C21H16Cl2N4O2.2ClH/c1-13-18(12-29-14-7-9-24-10-8-14)27-11-3-6-17(20(27)25-13)26-21(28)19-15(22)4-2-5-16(19)23;;/h2-11H,12H2,1H3,(H,26,28);2*1H. The van der Waals surface area contributed by atoms with Gasteiger partial charge in [-0.3, -0.25) is 14.2 Å². The monoisotopic (exact) mass is 498 g/mol. The fourth-order valence-corrected chi connectivity index (χ4v) is 3.56. The van der Waals surface area contributed by atoms with Crippen LogP contribution in [0.15, 0.2) is 61.1 Å². The molecule has 0 radical (unpaired) electrons. The van der Waals surface area contributed by atoms with Crippen molar-refractivity contribution in [2.75, 3.05) is 5.32 Å². The second-order valence-corrected chi connectivity index (χ2v) is 7.10. The van der Waals surface area contributed by atoms with Crippen LogP contribution in [0, 0.1) is 6.92 Å². The Morgan fingerprint density at radius 3 is 2.42 bits per heavy atom. The molecular weight excluding hydrogens is 482 g/mol. The molecule has 3 heterocycles. The highest BCUT2D eigenvalue weighted by Gasteiger charge is 2.18. The first-order chi connectivity index (χ1) is 14.0. The predicted octanol–water partition coefficient (Wildman–Crippen LogP) is 6.02. The zero-order valence-corrected chi connectivity index (χ0v) is 19.4. The normalized spacial score (nSPS) is 10.2. The van der Waals surface area contributed by atoms with E-state index < -0.39 is 5.91 Å². The van der Waals surface area contributed by atoms with Crippen molar-refractivity contribution < 1.29 is 9.53 Å². The molecule has 0 aliphatic heterocycles. The number of halogens is 4. The smallest absolute Gasteiger partial charge is 0.258 e. The highest BCUT2D eigenvalue weighted by atomic mass is 35.5. The van der Waals surface area contributed by atoms with Crippen LogP contribution in [-0.2, 0) is 6.61 Å². The zero-order valence-electron chi connectivity index (χ0n) is 16.2. The van der Waals surface area contributed by atoms with Gasteiger partial charge >= 0.3 is 0 Å². The summed E-state index contributed by atoms with van der Waals surface area (Å²) in [5, 5.41) is 3.43. The van der Waals surface area contributed by atoms with Crippen molar-refractivity contribution in [2.45, 2.75) is 13.5 Å². The number of hydrogen-bond acceptors (Lipinski definition) is 4. The Bertz CT molecular complexity index is 1180. The first kappa shape index (κ1) is 24.8. The number of imidazole rings is 1. The van der Waals surface area contributed by atoms with E-state index >= 15 is 0 Å². The number of nitrogens with zero attached hydrogens (tertiary/aromatic N) is 3. The molecule has 6 nitrogen and oxygen atoms in total. The average Bonchev–Trinajstić information content (AvgIpc) is 3.03. The molecule has 31 heavy (non-hydrogen) atoms. The third-order valence-corrected chi connectivity index (χ3v) is 5.04. The fourth-order valence-electron chi connectivity index (χ4n) is 2.99. The van der Waals surface area contributed by atoms with Gasteiger partial charge in [-0.05, 0) is 43.3 Å². The van der Waals surface area contributed by atoms with Gasteiger partial charge in [0.1, 0.15) is 12.4 Å². The Labute approximate surface area is 201 Å². The number of hydrogen-bond donors (Lipinski definition) is 1. The lowest BCUT2D eigenvalue weighted by atomic mass is 10.2. The van der Waals surface area contributed by atoms with E-state index in [2.05, 4.69) is 15.3 Å². The van der Waals surface area contributed by atoms with Crippen molar-refractivity contribution in [3.63, 3.8) is 0 Å². The third kappa shape index (κ3) is 5.22. The number of carbonyl (C=O) groups is 1. The first-order valence-electron chi connectivity index (χ1n) is 8.79. The summed E-state index contributed by atoms with van der Waals surface area (Å²) in [6.07, 6.45) is 5.22. The maximum absolute atomic E-state index is 12.8. The molecule has 3 aromatic heterocycles. The summed E-state index contributed by atoms with van der Waals surface area (Å²) < 4.78 is 7.73. The number of benzene rings is 1. The van der Waals surface area contributed by atoms with Crippen LogP contribution in [0.25, 0.3) is 5.65 Å². The second kappa shape index (κ2) is 10.7. The number of carbonyl (C=O) groups excluding carboxylic acids is 1. The van der Waals surface area contributed by atoms with Crippen LogP contribution in [0.4, 0.5) is 5.69 Å². The van der Waals surface area contributed by atoms with Crippen LogP contribution in [0.2, 0.25) is 10.0 Å². The number of amides is 1. The quantitative estimate of drug-likeness (QED) is 0.364. The SMILES string of the molecule is Cc1nc2c(NC(=O)c3c(Cl)cccc3Cl)cccn2c1COc1ccncc1.Cl.Cl. The minimum absolute atomic E-state index is 0. The van der Waals surface area contributed by atoms with Crippen molar-refractivity contribution in [3.8, 4) is 5.75 Å². The maximum Gasteiger partial charge on any atom is 0.258 e. The number of nitrogens with one attached hydrogen (secondary N) is 1. The van der Waals surface area contributed by atoms with Gasteiger partial charge in [-0.25, -0.2) is 4.98 Å². The minimum atomic E-state index is -0.399. The van der Waals surface area contributed by atoms with Gasteiger partial charge in [0, 0.05) is 18.6 Å². The largest absolute Gasteiger partial charge is 0.487 e. The molecule has 10 heteroatoms. The Morgan fingerprint density at radius 2 is 1.74 bits per heavy atom. The Kier molecular flexibility index (Phi) is 8.53. The molecule has 0 saturated carbocycles. The van der Waals surface area contributed by atoms with E-state index in [4.69, 9.17) is 27.9 Å². The van der Waals surface area contributed by atoms with Crippen molar-refractivity contribution in [3.05, 3.63) is 88.1 Å². The summed E-state index contributed by atoms with van der Waals surface area (Å²) in [4.78, 5) is 21.3.